The Balaban J connectivity index is 1.56. The van der Waals surface area contributed by atoms with Gasteiger partial charge in [-0.1, -0.05) is 18.5 Å². The molecule has 1 aromatic carbocycles. The number of piperidine rings is 1. The zero-order valence-corrected chi connectivity index (χ0v) is 14.2. The first kappa shape index (κ1) is 16.3. The normalized spacial score (nSPS) is 27.0. The molecule has 2 unspecified atom stereocenters. The van der Waals surface area contributed by atoms with Crippen LogP contribution in [0.3, 0.4) is 0 Å². The molecule has 4 rings (SSSR count). The fourth-order valence-corrected chi connectivity index (χ4v) is 3.71. The molecule has 5 nitrogen and oxygen atoms in total. The van der Waals surface area contributed by atoms with E-state index in [0.717, 1.165) is 0 Å². The predicted molar refractivity (Wildman–Crippen MR) is 87.3 cm³/mol. The Morgan fingerprint density at radius 2 is 2.04 bits per heavy atom. The van der Waals surface area contributed by atoms with Gasteiger partial charge in [0.25, 0.3) is 11.8 Å². The van der Waals surface area contributed by atoms with E-state index in [2.05, 4.69) is 5.10 Å². The second-order valence-electron chi connectivity index (χ2n) is 6.88. The number of nitrogens with zero attached hydrogens (tertiary/aromatic N) is 3. The van der Waals surface area contributed by atoms with Gasteiger partial charge in [0.05, 0.1) is 17.8 Å². The van der Waals surface area contributed by atoms with Gasteiger partial charge in [0.1, 0.15) is 0 Å². The number of aromatic hydroxyl groups is 1. The molecule has 2 atom stereocenters. The Labute approximate surface area is 147 Å². The molecule has 1 saturated carbocycles. The molecule has 1 N–H and O–H groups in total. The summed E-state index contributed by atoms with van der Waals surface area (Å²) in [5.74, 6) is -4.36. The van der Waals surface area contributed by atoms with E-state index >= 15 is 0 Å². The molecule has 1 aliphatic heterocycles. The van der Waals surface area contributed by atoms with E-state index in [0.29, 0.717) is 10.7 Å². The lowest BCUT2D eigenvalue weighted by molar-refractivity contribution is 0.0635. The number of hydrogen-bond donors (Lipinski definition) is 1. The van der Waals surface area contributed by atoms with E-state index in [4.69, 9.17) is 11.6 Å². The van der Waals surface area contributed by atoms with Gasteiger partial charge in [-0.3, -0.25) is 4.79 Å². The van der Waals surface area contributed by atoms with Crippen LogP contribution in [0, 0.1) is 11.3 Å². The summed E-state index contributed by atoms with van der Waals surface area (Å²) in [5.41, 5.74) is -0.518. The second kappa shape index (κ2) is 5.17. The maximum absolute atomic E-state index is 13.8. The van der Waals surface area contributed by atoms with Crippen LogP contribution < -0.4 is 0 Å². The fourth-order valence-electron chi connectivity index (χ4n) is 3.59. The highest BCUT2D eigenvalue weighted by Crippen LogP contribution is 2.69. The molecule has 1 aromatic heterocycles. The van der Waals surface area contributed by atoms with Gasteiger partial charge in [0.2, 0.25) is 0 Å². The summed E-state index contributed by atoms with van der Waals surface area (Å²) >= 11 is 5.84. The van der Waals surface area contributed by atoms with Crippen LogP contribution in [0.25, 0.3) is 5.69 Å². The van der Waals surface area contributed by atoms with E-state index in [1.165, 1.54) is 15.8 Å². The average Bonchev–Trinajstić information content (AvgIpc) is 2.85. The Morgan fingerprint density at radius 1 is 1.36 bits per heavy atom. The van der Waals surface area contributed by atoms with Gasteiger partial charge in [-0.25, -0.2) is 13.5 Å². The van der Waals surface area contributed by atoms with Gasteiger partial charge in [0, 0.05) is 23.5 Å². The van der Waals surface area contributed by atoms with Crippen molar-refractivity contribution < 1.29 is 18.7 Å². The molecule has 1 amide bonds. The van der Waals surface area contributed by atoms with Crippen LogP contribution in [0.5, 0.6) is 5.75 Å². The van der Waals surface area contributed by atoms with Crippen molar-refractivity contribution in [2.75, 3.05) is 13.1 Å². The molecule has 132 valence electrons. The van der Waals surface area contributed by atoms with E-state index < -0.39 is 23.2 Å². The lowest BCUT2D eigenvalue weighted by Gasteiger charge is -2.27. The molecule has 0 radical (unpaired) electrons. The number of alkyl halides is 2. The minimum Gasteiger partial charge on any atom is -0.504 e. The molecular weight excluding hydrogens is 352 g/mol. The van der Waals surface area contributed by atoms with E-state index in [-0.39, 0.29) is 31.0 Å². The summed E-state index contributed by atoms with van der Waals surface area (Å²) in [6, 6.07) is 6.72. The quantitative estimate of drug-likeness (QED) is 0.885. The van der Waals surface area contributed by atoms with Crippen LogP contribution in [0.4, 0.5) is 8.78 Å². The van der Waals surface area contributed by atoms with Crippen LogP contribution in [0.1, 0.15) is 23.8 Å². The Morgan fingerprint density at radius 3 is 2.68 bits per heavy atom. The van der Waals surface area contributed by atoms with Crippen molar-refractivity contribution in [2.45, 2.75) is 19.3 Å². The van der Waals surface area contributed by atoms with Gasteiger partial charge < -0.3 is 10.0 Å². The molecule has 2 heterocycles. The maximum atomic E-state index is 13.8. The van der Waals surface area contributed by atoms with Crippen molar-refractivity contribution >= 4 is 17.5 Å². The third-order valence-electron chi connectivity index (χ3n) is 5.46. The summed E-state index contributed by atoms with van der Waals surface area (Å²) in [4.78, 5) is 14.0. The highest BCUT2D eigenvalue weighted by molar-refractivity contribution is 6.30. The average molecular weight is 368 g/mol. The largest absolute Gasteiger partial charge is 0.504 e. The number of fused-ring (bicyclic) bond motifs is 1. The SMILES string of the molecule is CC12CCN(C(=O)c3nn(-c4ccc(Cl)cc4)cc3O)CC1C2(F)F. The van der Waals surface area contributed by atoms with E-state index in [1.807, 2.05) is 0 Å². The van der Waals surface area contributed by atoms with Crippen molar-refractivity contribution in [3.8, 4) is 11.4 Å². The first-order valence-corrected chi connectivity index (χ1v) is 8.33. The number of likely N-dealkylation sites (tertiary alicyclic amines) is 1. The minimum absolute atomic E-state index is 0.0183. The molecule has 1 saturated heterocycles. The number of amides is 1. The van der Waals surface area contributed by atoms with Crippen LogP contribution in [-0.4, -0.2) is 44.7 Å². The van der Waals surface area contributed by atoms with E-state index in [9.17, 15) is 18.7 Å². The molecule has 0 spiro atoms. The summed E-state index contributed by atoms with van der Waals surface area (Å²) in [6.07, 6.45) is 1.56. The molecule has 25 heavy (non-hydrogen) atoms. The first-order valence-electron chi connectivity index (χ1n) is 7.96. The van der Waals surface area contributed by atoms with Gasteiger partial charge in [-0.2, -0.15) is 5.10 Å². The monoisotopic (exact) mass is 367 g/mol. The molecule has 0 bridgehead atoms. The number of halogens is 3. The first-order chi connectivity index (χ1) is 11.7. The zero-order chi connectivity index (χ0) is 18.0. The lowest BCUT2D eigenvalue weighted by Crippen LogP contribution is -2.39. The predicted octanol–water partition coefficient (Wildman–Crippen LogP) is 3.35. The third-order valence-corrected chi connectivity index (χ3v) is 5.72. The third kappa shape index (κ3) is 2.33. The van der Waals surface area contributed by atoms with Crippen molar-refractivity contribution in [3.63, 3.8) is 0 Å². The summed E-state index contributed by atoms with van der Waals surface area (Å²) in [5, 5.41) is 14.7. The maximum Gasteiger partial charge on any atom is 0.278 e. The molecule has 2 aliphatic rings. The minimum atomic E-state index is -2.73. The zero-order valence-electron chi connectivity index (χ0n) is 13.4. The Kier molecular flexibility index (Phi) is 3.38. The number of carbonyl (C=O) groups is 1. The van der Waals surface area contributed by atoms with Gasteiger partial charge in [-0.15, -0.1) is 0 Å². The number of aromatic nitrogens is 2. The van der Waals surface area contributed by atoms with Crippen molar-refractivity contribution in [2.24, 2.45) is 11.3 Å². The smallest absolute Gasteiger partial charge is 0.278 e. The molecular formula is C17H16ClF2N3O2. The standard InChI is InChI=1S/C17H16ClF2N3O2/c1-16-6-7-22(9-13(16)17(16,19)20)15(25)14-12(24)8-23(21-14)11-4-2-10(18)3-5-11/h2-5,8,13,24H,6-7,9H2,1H3. The lowest BCUT2D eigenvalue weighted by atomic mass is 9.97. The second-order valence-corrected chi connectivity index (χ2v) is 7.31. The summed E-state index contributed by atoms with van der Waals surface area (Å²) < 4.78 is 29.0. The Bertz CT molecular complexity index is 852. The number of hydrogen-bond acceptors (Lipinski definition) is 3. The van der Waals surface area contributed by atoms with Crippen molar-refractivity contribution in [1.29, 1.82) is 0 Å². The van der Waals surface area contributed by atoms with Gasteiger partial charge in [-0.05, 0) is 30.7 Å². The highest BCUT2D eigenvalue weighted by atomic mass is 35.5. The molecule has 2 fully saturated rings. The fraction of sp³-hybridized carbons (Fsp3) is 0.412. The van der Waals surface area contributed by atoms with Gasteiger partial charge >= 0.3 is 0 Å². The van der Waals surface area contributed by atoms with Crippen LogP contribution in [0.2, 0.25) is 5.02 Å². The molecule has 1 aliphatic carbocycles. The van der Waals surface area contributed by atoms with Crippen molar-refractivity contribution in [1.82, 2.24) is 14.7 Å². The highest BCUT2D eigenvalue weighted by Gasteiger charge is 2.78. The number of rotatable bonds is 2. The van der Waals surface area contributed by atoms with Crippen LogP contribution in [0.15, 0.2) is 30.5 Å². The van der Waals surface area contributed by atoms with Gasteiger partial charge in [0.15, 0.2) is 11.4 Å². The van der Waals surface area contributed by atoms with E-state index in [1.54, 1.807) is 31.2 Å². The topological polar surface area (TPSA) is 58.4 Å². The number of carbonyl (C=O) groups excluding carboxylic acids is 1. The van der Waals surface area contributed by atoms with Crippen LogP contribution >= 0.6 is 11.6 Å². The van der Waals surface area contributed by atoms with Crippen LogP contribution in [-0.2, 0) is 0 Å². The summed E-state index contributed by atoms with van der Waals surface area (Å²) in [7, 11) is 0. The Hall–Kier alpha value is -2.15. The molecule has 2 aromatic rings. The number of benzene rings is 1. The molecule has 8 heteroatoms. The van der Waals surface area contributed by atoms with Crippen molar-refractivity contribution in [3.05, 3.63) is 41.2 Å². The summed E-state index contributed by atoms with van der Waals surface area (Å²) in [6.45, 7) is 1.77.